The van der Waals surface area contributed by atoms with Gasteiger partial charge in [0, 0.05) is 5.56 Å². The summed E-state index contributed by atoms with van der Waals surface area (Å²) in [5, 5.41) is 5.68. The number of ether oxygens (including phenoxy) is 3. The van der Waals surface area contributed by atoms with E-state index >= 15 is 0 Å². The van der Waals surface area contributed by atoms with Gasteiger partial charge >= 0.3 is 0 Å². The Labute approximate surface area is 234 Å². The van der Waals surface area contributed by atoms with Gasteiger partial charge in [0.05, 0.1) is 30.4 Å². The summed E-state index contributed by atoms with van der Waals surface area (Å²) in [5.74, 6) is 2.61. The predicted molar refractivity (Wildman–Crippen MR) is 161 cm³/mol. The highest BCUT2D eigenvalue weighted by Gasteiger charge is 2.21. The molecule has 0 fully saturated rings. The zero-order valence-electron chi connectivity index (χ0n) is 21.2. The van der Waals surface area contributed by atoms with Gasteiger partial charge in [0.15, 0.2) is 17.1 Å². The molecule has 9 heteroatoms. The molecule has 0 aliphatic heterocycles. The average Bonchev–Trinajstić information content (AvgIpc) is 3.53. The summed E-state index contributed by atoms with van der Waals surface area (Å²) in [6.45, 7) is 4.77. The lowest BCUT2D eigenvalue weighted by molar-refractivity contribution is 0.321. The van der Waals surface area contributed by atoms with E-state index in [1.54, 1.807) is 36.1 Å². The van der Waals surface area contributed by atoms with E-state index in [0.29, 0.717) is 29.6 Å². The molecule has 5 aromatic rings. The molecule has 0 saturated carbocycles. The minimum Gasteiger partial charge on any atom is -0.493 e. The summed E-state index contributed by atoms with van der Waals surface area (Å²) in [5.41, 5.74) is 9.31. The zero-order valence-corrected chi connectivity index (χ0v) is 24.2. The Morgan fingerprint density at radius 1 is 1.03 bits per heavy atom. The van der Waals surface area contributed by atoms with E-state index in [1.165, 1.54) is 0 Å². The normalized spacial score (nSPS) is 11.1. The lowest BCUT2D eigenvalue weighted by Gasteiger charge is -2.09. The fourth-order valence-electron chi connectivity index (χ4n) is 3.83. The Morgan fingerprint density at radius 2 is 1.81 bits per heavy atom. The van der Waals surface area contributed by atoms with Crippen molar-refractivity contribution in [2.75, 3.05) is 26.6 Å². The Hall–Kier alpha value is -3.31. The number of hydrogen-bond acceptors (Lipinski definition) is 7. The number of methoxy groups -OCH3 is 2. The predicted octanol–water partition coefficient (Wildman–Crippen LogP) is 7.62. The second kappa shape index (κ2) is 12.3. The highest BCUT2D eigenvalue weighted by atomic mass is 127. The third-order valence-corrected chi connectivity index (χ3v) is 7.38. The van der Waals surface area contributed by atoms with Gasteiger partial charge in [-0.15, -0.1) is 16.4 Å². The van der Waals surface area contributed by atoms with Crippen molar-refractivity contribution in [2.24, 2.45) is 0 Å². The Kier molecular flexibility index (Phi) is 8.88. The minimum absolute atomic E-state index is 0.424. The van der Waals surface area contributed by atoms with Crippen LogP contribution in [0.2, 0.25) is 0 Å². The van der Waals surface area contributed by atoms with E-state index in [-0.39, 0.29) is 0 Å². The lowest BCUT2D eigenvalue weighted by atomic mass is 10.1. The van der Waals surface area contributed by atoms with Crippen LogP contribution in [-0.4, -0.2) is 35.4 Å². The zero-order chi connectivity index (χ0) is 26.4. The Bertz CT molecular complexity index is 1540. The van der Waals surface area contributed by atoms with E-state index in [9.17, 15) is 0 Å². The maximum atomic E-state index is 6.04. The largest absolute Gasteiger partial charge is 0.493 e. The summed E-state index contributed by atoms with van der Waals surface area (Å²) < 4.78 is 21.8. The molecule has 2 N–H and O–H groups in total. The van der Waals surface area contributed by atoms with E-state index in [0.717, 1.165) is 44.1 Å². The molecule has 5 rings (SSSR count). The fraction of sp³-hybridized carbons (Fsp3) is 0.214. The third kappa shape index (κ3) is 5.67. The molecule has 3 aromatic heterocycles. The monoisotopic (exact) mass is 628 g/mol. The van der Waals surface area contributed by atoms with E-state index in [1.807, 2.05) is 53.5 Å². The molecule has 0 atom stereocenters. The molecule has 3 heterocycles. The molecule has 0 radical (unpaired) electrons. The Morgan fingerprint density at radius 3 is 2.51 bits per heavy atom. The minimum atomic E-state index is 0.424. The van der Waals surface area contributed by atoms with Crippen molar-refractivity contribution in [3.05, 3.63) is 64.8 Å². The molecule has 0 spiro atoms. The van der Waals surface area contributed by atoms with Gasteiger partial charge in [-0.2, -0.15) is 0 Å². The number of nitrogen functional groups attached to an aromatic ring is 1. The molecule has 37 heavy (non-hydrogen) atoms. The van der Waals surface area contributed by atoms with Crippen molar-refractivity contribution in [3.63, 3.8) is 0 Å². The van der Waals surface area contributed by atoms with Gasteiger partial charge in [-0.25, -0.2) is 9.50 Å². The summed E-state index contributed by atoms with van der Waals surface area (Å²) >= 11 is 3.83. The summed E-state index contributed by atoms with van der Waals surface area (Å²) in [6.07, 6.45) is 2.94. The lowest BCUT2D eigenvalue weighted by Crippen LogP contribution is -1.98. The number of imidazole rings is 1. The topological polar surface area (TPSA) is 83.9 Å². The first-order valence-corrected chi connectivity index (χ1v) is 13.9. The van der Waals surface area contributed by atoms with Gasteiger partial charge in [-0.05, 0) is 65.3 Å². The molecule has 0 unspecified atom stereocenters. The van der Waals surface area contributed by atoms with E-state index in [4.69, 9.17) is 24.9 Å². The van der Waals surface area contributed by atoms with Crippen molar-refractivity contribution in [2.45, 2.75) is 20.3 Å². The molecule has 0 amide bonds. The number of rotatable bonds is 7. The molecular formula is C28H29IN4O3S. The molecule has 0 aliphatic carbocycles. The van der Waals surface area contributed by atoms with Crippen LogP contribution < -0.4 is 19.9 Å². The number of nitrogens with zero attached hydrogens (tertiary/aromatic N) is 3. The van der Waals surface area contributed by atoms with Crippen LogP contribution in [0.25, 0.3) is 37.6 Å². The van der Waals surface area contributed by atoms with E-state index in [2.05, 4.69) is 46.7 Å². The van der Waals surface area contributed by atoms with Gasteiger partial charge in [-0.3, -0.25) is 0 Å². The first-order chi connectivity index (χ1) is 18.0. The van der Waals surface area contributed by atoms with Crippen LogP contribution >= 0.6 is 33.9 Å². The van der Waals surface area contributed by atoms with E-state index < -0.39 is 0 Å². The molecule has 0 aliphatic rings. The number of anilines is 1. The van der Waals surface area contributed by atoms with Gasteiger partial charge in [0.2, 0.25) is 0 Å². The molecule has 2 aromatic carbocycles. The van der Waals surface area contributed by atoms with Crippen molar-refractivity contribution < 1.29 is 14.2 Å². The average molecular weight is 629 g/mol. The van der Waals surface area contributed by atoms with Crippen molar-refractivity contribution >= 4 is 55.5 Å². The van der Waals surface area contributed by atoms with Crippen LogP contribution in [0.4, 0.5) is 5.82 Å². The third-order valence-electron chi connectivity index (χ3n) is 5.48. The number of fused-ring (bicyclic) bond motifs is 2. The van der Waals surface area contributed by atoms with Gasteiger partial charge in [0.1, 0.15) is 23.0 Å². The number of halogens is 1. The molecule has 0 bridgehead atoms. The second-order valence-electron chi connectivity index (χ2n) is 8.00. The van der Waals surface area contributed by atoms with Crippen LogP contribution in [0, 0.1) is 0 Å². The molecule has 7 nitrogen and oxygen atoms in total. The first kappa shape index (κ1) is 26.7. The molecule has 192 valence electrons. The van der Waals surface area contributed by atoms with Gasteiger partial charge < -0.3 is 19.9 Å². The van der Waals surface area contributed by atoms with Crippen LogP contribution in [0.5, 0.6) is 17.2 Å². The number of allylic oxidation sites excluding steroid dienone is 1. The summed E-state index contributed by atoms with van der Waals surface area (Å²) in [6, 6.07) is 17.7. The quantitative estimate of drug-likeness (QED) is 0.187. The van der Waals surface area contributed by atoms with Gasteiger partial charge in [0.25, 0.3) is 0 Å². The van der Waals surface area contributed by atoms with Crippen molar-refractivity contribution in [1.82, 2.24) is 14.6 Å². The van der Waals surface area contributed by atoms with Crippen LogP contribution in [0.15, 0.2) is 64.8 Å². The number of hydrogen-bond donors (Lipinski definition) is 1. The van der Waals surface area contributed by atoms with Crippen molar-refractivity contribution in [3.8, 4) is 39.1 Å². The second-order valence-corrected chi connectivity index (χ2v) is 9.77. The van der Waals surface area contributed by atoms with Gasteiger partial charge in [-0.1, -0.05) is 47.7 Å². The van der Waals surface area contributed by atoms with Crippen LogP contribution in [0.1, 0.15) is 20.3 Å². The van der Waals surface area contributed by atoms with Crippen LogP contribution in [-0.2, 0) is 0 Å². The summed E-state index contributed by atoms with van der Waals surface area (Å²) in [7, 11) is 3.24. The molecular weight excluding hydrogens is 599 g/mol. The maximum Gasteiger partial charge on any atom is 0.161 e. The highest BCUT2D eigenvalue weighted by Crippen LogP contribution is 2.43. The Balaban J connectivity index is 0.000000747. The number of benzene rings is 2. The SMILES string of the molecule is CC=CI.CCCOc1cccc2cc(-c3c(-c4ccc(OC)c(OC)c4)nc4ccc(N)nn34)sc12. The van der Waals surface area contributed by atoms with Crippen LogP contribution in [0.3, 0.4) is 0 Å². The number of aromatic nitrogens is 3. The fourth-order valence-corrected chi connectivity index (χ4v) is 4.99. The summed E-state index contributed by atoms with van der Waals surface area (Å²) in [4.78, 5) is 5.92. The maximum absolute atomic E-state index is 6.04. The smallest absolute Gasteiger partial charge is 0.161 e. The highest BCUT2D eigenvalue weighted by molar-refractivity contribution is 14.1. The van der Waals surface area contributed by atoms with Crippen molar-refractivity contribution in [1.29, 1.82) is 0 Å². The first-order valence-electron chi connectivity index (χ1n) is 11.8. The number of nitrogens with two attached hydrogens (primary N) is 1. The number of thiophene rings is 1. The standard InChI is InChI=1S/C25H24N4O3S.C3H5I/c1-4-12-32-18-7-5-6-16-14-20(33-25(16)18)24-23(27-22-11-10-21(26)28-29(22)24)15-8-9-17(30-2)19(13-15)31-3;1-2-3-4/h5-11,13-14H,4,12H2,1-3H3,(H2,26,28);2-3H,1H3. The molecule has 0 saturated heterocycles.